The van der Waals surface area contributed by atoms with Gasteiger partial charge in [-0.25, -0.2) is 13.1 Å². The molecule has 0 saturated heterocycles. The first-order chi connectivity index (χ1) is 8.38. The molecule has 0 aliphatic heterocycles. The number of benzene rings is 1. The average molecular weight is 307 g/mol. The summed E-state index contributed by atoms with van der Waals surface area (Å²) in [4.78, 5) is 0.154. The van der Waals surface area contributed by atoms with Gasteiger partial charge in [0, 0.05) is 11.3 Å². The van der Waals surface area contributed by atoms with Crippen LogP contribution in [0.25, 0.3) is 0 Å². The van der Waals surface area contributed by atoms with Crippen molar-refractivity contribution in [1.29, 1.82) is 0 Å². The van der Waals surface area contributed by atoms with Crippen LogP contribution in [0.4, 0.5) is 5.69 Å². The van der Waals surface area contributed by atoms with Crippen LogP contribution in [0, 0.1) is 0 Å². The second-order valence-electron chi connectivity index (χ2n) is 4.40. The van der Waals surface area contributed by atoms with E-state index in [0.717, 1.165) is 12.8 Å². The molecule has 4 nitrogen and oxygen atoms in total. The number of nitrogens with two attached hydrogens (primary N) is 1. The fourth-order valence-corrected chi connectivity index (χ4v) is 3.69. The predicted octanol–water partition coefficient (Wildman–Crippen LogP) is 2.10. The summed E-state index contributed by atoms with van der Waals surface area (Å²) in [5.41, 5.74) is 5.88. The van der Waals surface area contributed by atoms with E-state index in [9.17, 15) is 8.42 Å². The number of nitrogens with one attached hydrogen (secondary N) is 1. The van der Waals surface area contributed by atoms with Gasteiger partial charge in [-0.2, -0.15) is 11.8 Å². The van der Waals surface area contributed by atoms with E-state index < -0.39 is 10.0 Å². The minimum absolute atomic E-state index is 0.0883. The Hall–Kier alpha value is -0.430. The van der Waals surface area contributed by atoms with Crippen LogP contribution in [0.3, 0.4) is 0 Å². The highest BCUT2D eigenvalue weighted by Gasteiger charge is 2.42. The Morgan fingerprint density at radius 3 is 2.67 bits per heavy atom. The fraction of sp³-hybridized carbons (Fsp3) is 0.455. The molecule has 18 heavy (non-hydrogen) atoms. The number of nitrogen functional groups attached to an aromatic ring is 1. The number of halogens is 1. The first-order valence-electron chi connectivity index (χ1n) is 5.48. The van der Waals surface area contributed by atoms with Crippen LogP contribution in [-0.4, -0.2) is 26.0 Å². The lowest BCUT2D eigenvalue weighted by Crippen LogP contribution is -2.31. The number of hydrogen-bond acceptors (Lipinski definition) is 4. The molecule has 0 bridgehead atoms. The third-order valence-corrected chi connectivity index (χ3v) is 6.26. The van der Waals surface area contributed by atoms with Crippen molar-refractivity contribution in [1.82, 2.24) is 4.72 Å². The SMILES string of the molecule is CSC1(CNS(=O)(=O)c2ccc(Cl)c(N)c2)CC1. The van der Waals surface area contributed by atoms with E-state index in [1.165, 1.54) is 18.2 Å². The third kappa shape index (κ3) is 2.93. The molecule has 1 aromatic rings. The second kappa shape index (κ2) is 4.92. The molecule has 1 aliphatic rings. The summed E-state index contributed by atoms with van der Waals surface area (Å²) in [5.74, 6) is 0. The van der Waals surface area contributed by atoms with E-state index in [1.807, 2.05) is 6.26 Å². The number of thioether (sulfide) groups is 1. The van der Waals surface area contributed by atoms with Gasteiger partial charge in [-0.15, -0.1) is 0 Å². The average Bonchev–Trinajstić information content (AvgIpc) is 3.11. The van der Waals surface area contributed by atoms with Gasteiger partial charge in [0.15, 0.2) is 0 Å². The lowest BCUT2D eigenvalue weighted by Gasteiger charge is -2.13. The minimum Gasteiger partial charge on any atom is -0.397 e. The molecular weight excluding hydrogens is 292 g/mol. The molecule has 0 spiro atoms. The third-order valence-electron chi connectivity index (χ3n) is 3.10. The molecule has 0 heterocycles. The first kappa shape index (κ1) is 14.0. The predicted molar refractivity (Wildman–Crippen MR) is 76.5 cm³/mol. The highest BCUT2D eigenvalue weighted by atomic mass is 35.5. The minimum atomic E-state index is -3.50. The normalized spacial score (nSPS) is 17.7. The van der Waals surface area contributed by atoms with Gasteiger partial charge < -0.3 is 5.73 Å². The highest BCUT2D eigenvalue weighted by Crippen LogP contribution is 2.46. The molecule has 0 radical (unpaired) electrons. The smallest absolute Gasteiger partial charge is 0.240 e. The molecule has 1 aromatic carbocycles. The molecule has 2 rings (SSSR count). The lowest BCUT2D eigenvalue weighted by atomic mass is 10.3. The Morgan fingerprint density at radius 1 is 1.50 bits per heavy atom. The van der Waals surface area contributed by atoms with Gasteiger partial charge in [0.2, 0.25) is 10.0 Å². The molecule has 1 aliphatic carbocycles. The number of rotatable bonds is 5. The summed E-state index contributed by atoms with van der Waals surface area (Å²) in [6, 6.07) is 4.33. The van der Waals surface area contributed by atoms with E-state index in [2.05, 4.69) is 4.72 Å². The molecule has 0 atom stereocenters. The zero-order valence-corrected chi connectivity index (χ0v) is 12.3. The van der Waals surface area contributed by atoms with Crippen molar-refractivity contribution in [2.45, 2.75) is 22.5 Å². The van der Waals surface area contributed by atoms with Crippen molar-refractivity contribution < 1.29 is 8.42 Å². The van der Waals surface area contributed by atoms with Crippen molar-refractivity contribution >= 4 is 39.1 Å². The summed E-state index contributed by atoms with van der Waals surface area (Å²) in [7, 11) is -3.50. The summed E-state index contributed by atoms with van der Waals surface area (Å²) < 4.78 is 26.9. The standard InChI is InChI=1S/C11H15ClN2O2S2/c1-17-11(4-5-11)7-14-18(15,16)8-2-3-9(12)10(13)6-8/h2-3,6,14H,4-5,7,13H2,1H3. The van der Waals surface area contributed by atoms with Crippen molar-refractivity contribution in [2.24, 2.45) is 0 Å². The first-order valence-corrected chi connectivity index (χ1v) is 8.57. The largest absolute Gasteiger partial charge is 0.397 e. The molecule has 1 saturated carbocycles. The molecular formula is C11H15ClN2O2S2. The van der Waals surface area contributed by atoms with Gasteiger partial charge in [-0.3, -0.25) is 0 Å². The maximum Gasteiger partial charge on any atom is 0.240 e. The van der Waals surface area contributed by atoms with E-state index >= 15 is 0 Å². The van der Waals surface area contributed by atoms with Crippen LogP contribution in [0.2, 0.25) is 5.02 Å². The molecule has 1 fully saturated rings. The summed E-state index contributed by atoms with van der Waals surface area (Å²) in [5, 5.41) is 0.358. The van der Waals surface area contributed by atoms with Gasteiger partial charge >= 0.3 is 0 Å². The summed E-state index contributed by atoms with van der Waals surface area (Å²) in [6.45, 7) is 0.457. The summed E-state index contributed by atoms with van der Waals surface area (Å²) in [6.07, 6.45) is 4.11. The molecule has 100 valence electrons. The Kier molecular flexibility index (Phi) is 3.82. The van der Waals surface area contributed by atoms with Crippen LogP contribution in [0.1, 0.15) is 12.8 Å². The maximum absolute atomic E-state index is 12.1. The van der Waals surface area contributed by atoms with Crippen molar-refractivity contribution in [3.05, 3.63) is 23.2 Å². The van der Waals surface area contributed by atoms with Crippen LogP contribution in [0.15, 0.2) is 23.1 Å². The van der Waals surface area contributed by atoms with Gasteiger partial charge in [-0.05, 0) is 37.3 Å². The Balaban J connectivity index is 2.13. The molecule has 0 aromatic heterocycles. The van der Waals surface area contributed by atoms with Gasteiger partial charge in [-0.1, -0.05) is 11.6 Å². The maximum atomic E-state index is 12.1. The highest BCUT2D eigenvalue weighted by molar-refractivity contribution is 8.00. The monoisotopic (exact) mass is 306 g/mol. The summed E-state index contributed by atoms with van der Waals surface area (Å²) >= 11 is 7.48. The van der Waals surface area contributed by atoms with Gasteiger partial charge in [0.25, 0.3) is 0 Å². The molecule has 0 amide bonds. The molecule has 7 heteroatoms. The lowest BCUT2D eigenvalue weighted by molar-refractivity contribution is 0.580. The number of hydrogen-bond donors (Lipinski definition) is 2. The Bertz CT molecular complexity index is 556. The Labute approximate surface area is 116 Å². The van der Waals surface area contributed by atoms with Gasteiger partial charge in [0.1, 0.15) is 0 Å². The second-order valence-corrected chi connectivity index (χ2v) is 7.84. The van der Waals surface area contributed by atoms with Crippen LogP contribution in [-0.2, 0) is 10.0 Å². The number of sulfonamides is 1. The quantitative estimate of drug-likeness (QED) is 0.817. The molecule has 0 unspecified atom stereocenters. The van der Waals surface area contributed by atoms with Crippen LogP contribution in [0.5, 0.6) is 0 Å². The fourth-order valence-electron chi connectivity index (χ4n) is 1.59. The topological polar surface area (TPSA) is 72.2 Å². The Morgan fingerprint density at radius 2 is 2.17 bits per heavy atom. The van der Waals surface area contributed by atoms with Crippen molar-refractivity contribution in [2.75, 3.05) is 18.5 Å². The number of anilines is 1. The van der Waals surface area contributed by atoms with Crippen molar-refractivity contribution in [3.8, 4) is 0 Å². The van der Waals surface area contributed by atoms with E-state index in [4.69, 9.17) is 17.3 Å². The van der Waals surface area contributed by atoms with Crippen LogP contribution < -0.4 is 10.5 Å². The van der Waals surface area contributed by atoms with E-state index in [1.54, 1.807) is 11.8 Å². The van der Waals surface area contributed by atoms with Crippen molar-refractivity contribution in [3.63, 3.8) is 0 Å². The zero-order chi connectivity index (χ0) is 13.4. The molecule has 3 N–H and O–H groups in total. The van der Waals surface area contributed by atoms with E-state index in [-0.39, 0.29) is 15.3 Å². The van der Waals surface area contributed by atoms with Gasteiger partial charge in [0.05, 0.1) is 15.6 Å². The zero-order valence-electron chi connectivity index (χ0n) is 9.94. The van der Waals surface area contributed by atoms with E-state index in [0.29, 0.717) is 11.6 Å². The van der Waals surface area contributed by atoms with Crippen LogP contribution >= 0.6 is 23.4 Å².